The predicted octanol–water partition coefficient (Wildman–Crippen LogP) is 3.10. The van der Waals surface area contributed by atoms with Crippen molar-refractivity contribution >= 4 is 34.8 Å². The van der Waals surface area contributed by atoms with Crippen LogP contribution in [0.15, 0.2) is 46.8 Å². The van der Waals surface area contributed by atoms with Crippen LogP contribution in [-0.4, -0.2) is 44.1 Å². The van der Waals surface area contributed by atoms with Gasteiger partial charge < -0.3 is 29.4 Å². The monoisotopic (exact) mass is 591 g/mol. The Morgan fingerprint density at radius 1 is 0.976 bits per heavy atom. The fourth-order valence-electron chi connectivity index (χ4n) is 4.68. The molecule has 0 radical (unpaired) electrons. The summed E-state index contributed by atoms with van der Waals surface area (Å²) < 4.78 is 29.6. The van der Waals surface area contributed by atoms with Crippen LogP contribution >= 0.6 is 11.3 Å². The Balaban J connectivity index is 1.98. The zero-order valence-electron chi connectivity index (χ0n) is 24.5. The van der Waals surface area contributed by atoms with Crippen molar-refractivity contribution < 1.29 is 28.5 Å². The normalized spacial score (nSPS) is 15.0. The molecule has 1 unspecified atom stereocenters. The van der Waals surface area contributed by atoms with E-state index in [9.17, 15) is 14.9 Å². The number of carbonyl (C=O) groups excluding carboxylic acids is 1. The minimum absolute atomic E-state index is 0.0331. The Hall–Kier alpha value is -4.69. The number of carbonyl (C=O) groups is 1. The Labute approximate surface area is 247 Å². The molecule has 1 aliphatic heterocycles. The Bertz CT molecular complexity index is 1780. The number of thiazole rings is 1. The number of nitrogens with two attached hydrogens (primary N) is 1. The van der Waals surface area contributed by atoms with Crippen LogP contribution in [0.4, 0.5) is 0 Å². The van der Waals surface area contributed by atoms with E-state index in [2.05, 4.69) is 6.07 Å². The van der Waals surface area contributed by atoms with Gasteiger partial charge in [-0.2, -0.15) is 5.26 Å². The van der Waals surface area contributed by atoms with Gasteiger partial charge in [0.15, 0.2) is 23.0 Å². The maximum Gasteiger partial charge on any atom is 0.337 e. The average molecular weight is 592 g/mol. The second kappa shape index (κ2) is 12.4. The highest BCUT2D eigenvalue weighted by Crippen LogP contribution is 2.40. The number of nitriles is 1. The molecule has 1 atom stereocenters. The molecule has 3 aromatic rings. The maximum absolute atomic E-state index is 13.7. The highest BCUT2D eigenvalue weighted by atomic mass is 32.1. The fraction of sp³-hybridized carbons (Fsp3) is 0.323. The topological polar surface area (TPSA) is 135 Å². The summed E-state index contributed by atoms with van der Waals surface area (Å²) in [5, 5.41) is 10.2. The second-order valence-corrected chi connectivity index (χ2v) is 11.0. The molecule has 0 amide bonds. The first-order valence-electron chi connectivity index (χ1n) is 13.2. The van der Waals surface area contributed by atoms with Crippen LogP contribution in [0.5, 0.6) is 23.0 Å². The summed E-state index contributed by atoms with van der Waals surface area (Å²) in [5.41, 5.74) is 7.37. The summed E-state index contributed by atoms with van der Waals surface area (Å²) in [6.07, 6.45) is 1.52. The van der Waals surface area contributed by atoms with Crippen molar-refractivity contribution in [2.45, 2.75) is 45.8 Å². The zero-order valence-corrected chi connectivity index (χ0v) is 25.3. The molecular formula is C31H33N3O7S. The number of ether oxygens (including phenoxy) is 5. The number of fused-ring (bicyclic) bond motifs is 1. The second-order valence-electron chi connectivity index (χ2n) is 9.96. The number of aromatic nitrogens is 1. The van der Waals surface area contributed by atoms with E-state index < -0.39 is 17.4 Å². The van der Waals surface area contributed by atoms with Crippen LogP contribution in [0.25, 0.3) is 17.5 Å². The van der Waals surface area contributed by atoms with E-state index in [0.29, 0.717) is 38.7 Å². The minimum atomic E-state index is -0.914. The summed E-state index contributed by atoms with van der Waals surface area (Å²) in [4.78, 5) is 27.0. The number of esters is 1. The van der Waals surface area contributed by atoms with Crippen LogP contribution in [0.3, 0.4) is 0 Å². The number of nitrogens with zero attached hydrogens (tertiary/aromatic N) is 2. The molecule has 0 saturated heterocycles. The molecule has 2 heterocycles. The van der Waals surface area contributed by atoms with Crippen molar-refractivity contribution in [1.29, 1.82) is 5.26 Å². The van der Waals surface area contributed by atoms with Gasteiger partial charge in [0.25, 0.3) is 5.56 Å². The van der Waals surface area contributed by atoms with Crippen LogP contribution in [-0.2, 0) is 9.53 Å². The predicted molar refractivity (Wildman–Crippen MR) is 160 cm³/mol. The largest absolute Gasteiger partial charge is 0.493 e. The first-order valence-corrected chi connectivity index (χ1v) is 14.0. The first-order chi connectivity index (χ1) is 20.0. The molecule has 0 spiro atoms. The van der Waals surface area contributed by atoms with Crippen LogP contribution in [0, 0.1) is 11.3 Å². The van der Waals surface area contributed by atoms with Gasteiger partial charge in [-0.3, -0.25) is 9.36 Å². The summed E-state index contributed by atoms with van der Waals surface area (Å²) >= 11 is 1.08. The molecule has 0 bridgehead atoms. The average Bonchev–Trinajstić information content (AvgIpc) is 3.28. The molecular weight excluding hydrogens is 558 g/mol. The molecule has 2 N–H and O–H groups in total. The summed E-state index contributed by atoms with van der Waals surface area (Å²) in [6.45, 7) is 7.61. The molecule has 10 nitrogen and oxygen atoms in total. The van der Waals surface area contributed by atoms with Crippen LogP contribution in [0.1, 0.15) is 44.7 Å². The Morgan fingerprint density at radius 3 is 2.12 bits per heavy atom. The van der Waals surface area contributed by atoms with Crippen molar-refractivity contribution in [2.24, 2.45) is 5.73 Å². The molecule has 11 heteroatoms. The molecule has 4 rings (SSSR count). The highest BCUT2D eigenvalue weighted by Gasteiger charge is 2.36. The first kappa shape index (κ1) is 30.3. The lowest BCUT2D eigenvalue weighted by Gasteiger charge is -2.25. The zero-order chi connectivity index (χ0) is 30.7. The number of benzene rings is 2. The Kier molecular flexibility index (Phi) is 8.97. The van der Waals surface area contributed by atoms with E-state index in [4.69, 9.17) is 29.4 Å². The Morgan fingerprint density at radius 2 is 1.57 bits per heavy atom. The molecule has 0 fully saturated rings. The van der Waals surface area contributed by atoms with E-state index in [0.717, 1.165) is 11.3 Å². The molecule has 42 heavy (non-hydrogen) atoms. The molecule has 1 aliphatic rings. The van der Waals surface area contributed by atoms with E-state index >= 15 is 0 Å². The van der Waals surface area contributed by atoms with E-state index in [-0.39, 0.29) is 33.8 Å². The third-order valence-electron chi connectivity index (χ3n) is 6.41. The third kappa shape index (κ3) is 5.71. The molecule has 0 aliphatic carbocycles. The lowest BCUT2D eigenvalue weighted by Crippen LogP contribution is -2.40. The standard InChI is InChI=1S/C31H33N3O7S/c1-16(2)40-21-10-8-18(12-23(21)37-5)13-25-29(35)34-28(33)20(15-32)26(27(30(34)42-25)31(36)39-7)19-9-11-22(41-17(3)4)24(14-19)38-6/h8-14,16-17,26H,33H2,1-7H3. The van der Waals surface area contributed by atoms with E-state index in [1.54, 1.807) is 42.5 Å². The van der Waals surface area contributed by atoms with Crippen molar-refractivity contribution in [2.75, 3.05) is 21.3 Å². The molecule has 1 aromatic heterocycles. The minimum Gasteiger partial charge on any atom is -0.493 e. The van der Waals surface area contributed by atoms with Gasteiger partial charge in [-0.1, -0.05) is 12.1 Å². The number of allylic oxidation sites excluding steroid dienone is 1. The quantitative estimate of drug-likeness (QED) is 0.373. The summed E-state index contributed by atoms with van der Waals surface area (Å²) in [5.74, 6) is 0.331. The van der Waals surface area contributed by atoms with Gasteiger partial charge in [0.1, 0.15) is 10.5 Å². The SMILES string of the molecule is COC(=O)C1=c2sc(=Cc3ccc(OC(C)C)c(OC)c3)c(=O)n2C(N)=C(C#N)C1c1ccc(OC(C)C)c(OC)c1. The van der Waals surface area contributed by atoms with E-state index in [1.807, 2.05) is 27.7 Å². The number of rotatable bonds is 9. The van der Waals surface area contributed by atoms with Gasteiger partial charge >= 0.3 is 5.97 Å². The third-order valence-corrected chi connectivity index (χ3v) is 7.51. The van der Waals surface area contributed by atoms with Gasteiger partial charge in [-0.15, -0.1) is 11.3 Å². The van der Waals surface area contributed by atoms with Crippen molar-refractivity contribution in [3.05, 3.63) is 72.6 Å². The summed E-state index contributed by atoms with van der Waals surface area (Å²) in [6, 6.07) is 12.6. The molecule has 220 valence electrons. The number of methoxy groups -OCH3 is 3. The van der Waals surface area contributed by atoms with Gasteiger partial charge in [-0.05, 0) is 69.2 Å². The van der Waals surface area contributed by atoms with Gasteiger partial charge in [0.2, 0.25) is 0 Å². The van der Waals surface area contributed by atoms with Crippen molar-refractivity contribution in [1.82, 2.24) is 4.57 Å². The fourth-order valence-corrected chi connectivity index (χ4v) is 5.84. The lowest BCUT2D eigenvalue weighted by molar-refractivity contribution is -0.134. The lowest BCUT2D eigenvalue weighted by atomic mass is 9.83. The number of hydrogen-bond donors (Lipinski definition) is 1. The highest BCUT2D eigenvalue weighted by molar-refractivity contribution is 7.07. The van der Waals surface area contributed by atoms with Gasteiger partial charge in [-0.25, -0.2) is 4.79 Å². The maximum atomic E-state index is 13.7. The number of hydrogen-bond acceptors (Lipinski definition) is 10. The molecule has 2 aromatic carbocycles. The summed E-state index contributed by atoms with van der Waals surface area (Å²) in [7, 11) is 4.29. The van der Waals surface area contributed by atoms with Gasteiger partial charge in [0, 0.05) is 0 Å². The van der Waals surface area contributed by atoms with E-state index in [1.165, 1.54) is 25.9 Å². The van der Waals surface area contributed by atoms with Crippen molar-refractivity contribution in [3.63, 3.8) is 0 Å². The van der Waals surface area contributed by atoms with Gasteiger partial charge in [0.05, 0.1) is 61.2 Å². The van der Waals surface area contributed by atoms with Crippen molar-refractivity contribution in [3.8, 4) is 29.1 Å². The smallest absolute Gasteiger partial charge is 0.337 e. The van der Waals surface area contributed by atoms with Crippen LogP contribution < -0.4 is 39.4 Å². The van der Waals surface area contributed by atoms with Crippen LogP contribution in [0.2, 0.25) is 0 Å². The molecule has 0 saturated carbocycles.